The molecule has 1 fully saturated rings. The van der Waals surface area contributed by atoms with Gasteiger partial charge in [-0.15, -0.1) is 0 Å². The number of halogens is 1. The highest BCUT2D eigenvalue weighted by Crippen LogP contribution is 2.31. The van der Waals surface area contributed by atoms with Gasteiger partial charge >= 0.3 is 0 Å². The maximum absolute atomic E-state index is 12.8. The Morgan fingerprint density at radius 3 is 2.80 bits per heavy atom. The van der Waals surface area contributed by atoms with Crippen molar-refractivity contribution in [3.8, 4) is 5.75 Å². The van der Waals surface area contributed by atoms with E-state index in [1.807, 2.05) is 18.2 Å². The third-order valence-corrected chi connectivity index (χ3v) is 5.25. The molecular formula is C21H25ClN4O4. The van der Waals surface area contributed by atoms with Gasteiger partial charge in [-0.1, -0.05) is 17.7 Å². The molecule has 0 unspecified atom stereocenters. The summed E-state index contributed by atoms with van der Waals surface area (Å²) < 4.78 is 5.29. The number of amides is 2. The first-order chi connectivity index (χ1) is 14.4. The minimum Gasteiger partial charge on any atom is -0.496 e. The minimum absolute atomic E-state index is 0.224. The molecule has 1 aliphatic heterocycles. The molecule has 160 valence electrons. The molecule has 0 aliphatic carbocycles. The number of anilines is 1. The van der Waals surface area contributed by atoms with Crippen molar-refractivity contribution in [2.75, 3.05) is 25.5 Å². The Bertz CT molecular complexity index is 909. The number of carbonyl (C=O) groups excluding carboxylic acids is 2. The number of hydrogen-bond acceptors (Lipinski definition) is 6. The third kappa shape index (κ3) is 5.47. The molecule has 0 radical (unpaired) electrons. The van der Waals surface area contributed by atoms with E-state index in [1.165, 1.54) is 26.2 Å². The number of piperidine rings is 1. The van der Waals surface area contributed by atoms with Crippen molar-refractivity contribution in [1.82, 2.24) is 15.2 Å². The summed E-state index contributed by atoms with van der Waals surface area (Å²) in [7, 11) is 1.43. The van der Waals surface area contributed by atoms with Crippen LogP contribution in [0.4, 0.5) is 5.69 Å². The van der Waals surface area contributed by atoms with E-state index in [9.17, 15) is 14.7 Å². The Labute approximate surface area is 180 Å². The number of ether oxygens (including phenoxy) is 1. The second kappa shape index (κ2) is 9.88. The molecule has 0 spiro atoms. The summed E-state index contributed by atoms with van der Waals surface area (Å²) in [4.78, 5) is 30.5. The second-order valence-corrected chi connectivity index (χ2v) is 7.61. The zero-order valence-corrected chi connectivity index (χ0v) is 17.6. The summed E-state index contributed by atoms with van der Waals surface area (Å²) in [5, 5.41) is 16.2. The molecule has 3 rings (SSSR count). The summed E-state index contributed by atoms with van der Waals surface area (Å²) in [5.41, 5.74) is 1.53. The predicted octanol–water partition coefficient (Wildman–Crippen LogP) is 2.07. The van der Waals surface area contributed by atoms with E-state index in [-0.39, 0.29) is 22.2 Å². The van der Waals surface area contributed by atoms with Crippen LogP contribution in [0.3, 0.4) is 0 Å². The molecule has 30 heavy (non-hydrogen) atoms. The zero-order valence-electron chi connectivity index (χ0n) is 16.9. The molecule has 1 aromatic heterocycles. The molecule has 8 nitrogen and oxygen atoms in total. The first-order valence-corrected chi connectivity index (χ1v) is 10.0. The van der Waals surface area contributed by atoms with E-state index in [4.69, 9.17) is 16.3 Å². The quantitative estimate of drug-likeness (QED) is 0.645. The summed E-state index contributed by atoms with van der Waals surface area (Å²) in [6.45, 7) is 3.16. The maximum Gasteiger partial charge on any atom is 0.255 e. The van der Waals surface area contributed by atoms with Crippen molar-refractivity contribution in [3.63, 3.8) is 0 Å². The number of carbonyl (C=O) groups is 2. The molecular weight excluding hydrogens is 408 g/mol. The number of nitrogens with one attached hydrogen (secondary N) is 2. The number of aliphatic hydroxyl groups is 1. The van der Waals surface area contributed by atoms with Gasteiger partial charge in [0.2, 0.25) is 5.91 Å². The Morgan fingerprint density at radius 1 is 1.37 bits per heavy atom. The van der Waals surface area contributed by atoms with Crippen LogP contribution in [-0.4, -0.2) is 59.1 Å². The standard InChI is InChI=1S/C21H25ClN4O4/c1-13(27)24-18-10-20(30-2)15(9-16(18)22)21(29)25-17-6-8-26(12-19(17)28)11-14-5-3-4-7-23-14/h3-5,7,9-10,17,19,28H,6,8,11-12H2,1-2H3,(H,24,27)(H,25,29)/t17-,19+/m1/s1. The molecule has 3 N–H and O–H groups in total. The summed E-state index contributed by atoms with van der Waals surface area (Å²) >= 11 is 6.20. The van der Waals surface area contributed by atoms with Crippen molar-refractivity contribution >= 4 is 29.1 Å². The highest BCUT2D eigenvalue weighted by molar-refractivity contribution is 6.34. The van der Waals surface area contributed by atoms with Gasteiger partial charge in [0.25, 0.3) is 5.91 Å². The smallest absolute Gasteiger partial charge is 0.255 e. The third-order valence-electron chi connectivity index (χ3n) is 4.94. The first-order valence-electron chi connectivity index (χ1n) is 9.63. The summed E-state index contributed by atoms with van der Waals surface area (Å²) in [6, 6.07) is 8.30. The number of β-amino-alcohol motifs (C(OH)–C–C–N with tert-alkyl or cyclic N) is 1. The van der Waals surface area contributed by atoms with E-state index in [0.29, 0.717) is 25.2 Å². The first kappa shape index (κ1) is 22.0. The van der Waals surface area contributed by atoms with Crippen LogP contribution in [-0.2, 0) is 11.3 Å². The highest BCUT2D eigenvalue weighted by Gasteiger charge is 2.30. The normalized spacial score (nSPS) is 19.2. The minimum atomic E-state index is -0.716. The van der Waals surface area contributed by atoms with Crippen LogP contribution >= 0.6 is 11.6 Å². The number of likely N-dealkylation sites (tertiary alicyclic amines) is 1. The van der Waals surface area contributed by atoms with Crippen LogP contribution in [0, 0.1) is 0 Å². The van der Waals surface area contributed by atoms with E-state index < -0.39 is 18.1 Å². The average molecular weight is 433 g/mol. The molecule has 9 heteroatoms. The zero-order chi connectivity index (χ0) is 21.7. The lowest BCUT2D eigenvalue weighted by Crippen LogP contribution is -2.53. The van der Waals surface area contributed by atoms with Crippen LogP contribution in [0.15, 0.2) is 36.5 Å². The van der Waals surface area contributed by atoms with Gasteiger partial charge in [0, 0.05) is 38.8 Å². The van der Waals surface area contributed by atoms with Crippen LogP contribution in [0.1, 0.15) is 29.4 Å². The molecule has 0 saturated carbocycles. The van der Waals surface area contributed by atoms with Gasteiger partial charge in [-0.2, -0.15) is 0 Å². The number of rotatable bonds is 6. The molecule has 2 aromatic rings. The highest BCUT2D eigenvalue weighted by atomic mass is 35.5. The SMILES string of the molecule is COc1cc(NC(C)=O)c(Cl)cc1C(=O)N[C@@H]1CCN(Cc2ccccn2)C[C@@H]1O. The topological polar surface area (TPSA) is 104 Å². The number of methoxy groups -OCH3 is 1. The maximum atomic E-state index is 12.8. The lowest BCUT2D eigenvalue weighted by molar-refractivity contribution is -0.114. The fourth-order valence-corrected chi connectivity index (χ4v) is 3.67. The number of pyridine rings is 1. The molecule has 2 heterocycles. The fourth-order valence-electron chi connectivity index (χ4n) is 3.46. The number of aromatic nitrogens is 1. The van der Waals surface area contributed by atoms with Crippen LogP contribution in [0.5, 0.6) is 5.75 Å². The van der Waals surface area contributed by atoms with Crippen molar-refractivity contribution in [2.24, 2.45) is 0 Å². The van der Waals surface area contributed by atoms with Crippen molar-refractivity contribution < 1.29 is 19.4 Å². The molecule has 1 aromatic carbocycles. The molecule has 1 aliphatic rings. The Kier molecular flexibility index (Phi) is 7.25. The van der Waals surface area contributed by atoms with Crippen LogP contribution < -0.4 is 15.4 Å². The number of aliphatic hydroxyl groups excluding tert-OH is 1. The van der Waals surface area contributed by atoms with Gasteiger partial charge in [-0.25, -0.2) is 0 Å². The number of nitrogens with zero attached hydrogens (tertiary/aromatic N) is 2. The molecule has 0 bridgehead atoms. The molecule has 2 amide bonds. The Morgan fingerprint density at radius 2 is 2.17 bits per heavy atom. The van der Waals surface area contributed by atoms with Gasteiger partial charge in [0.05, 0.1) is 41.2 Å². The fraction of sp³-hybridized carbons (Fsp3) is 0.381. The van der Waals surface area contributed by atoms with E-state index >= 15 is 0 Å². The van der Waals surface area contributed by atoms with E-state index in [2.05, 4.69) is 20.5 Å². The predicted molar refractivity (Wildman–Crippen MR) is 114 cm³/mol. The van der Waals surface area contributed by atoms with Crippen molar-refractivity contribution in [2.45, 2.75) is 32.0 Å². The lowest BCUT2D eigenvalue weighted by Gasteiger charge is -2.36. The van der Waals surface area contributed by atoms with Crippen molar-refractivity contribution in [3.05, 3.63) is 52.8 Å². The summed E-state index contributed by atoms with van der Waals surface area (Å²) in [6.07, 6.45) is 1.63. The molecule has 2 atom stereocenters. The second-order valence-electron chi connectivity index (χ2n) is 7.21. The number of benzene rings is 1. The lowest BCUT2D eigenvalue weighted by atomic mass is 10.0. The van der Waals surface area contributed by atoms with Crippen molar-refractivity contribution in [1.29, 1.82) is 0 Å². The van der Waals surface area contributed by atoms with Gasteiger partial charge in [0.15, 0.2) is 0 Å². The summed E-state index contributed by atoms with van der Waals surface area (Å²) in [5.74, 6) is -0.398. The van der Waals surface area contributed by atoms with Gasteiger partial charge in [0.1, 0.15) is 5.75 Å². The Hall–Kier alpha value is -2.68. The Balaban J connectivity index is 1.64. The van der Waals surface area contributed by atoms with E-state index in [0.717, 1.165) is 12.2 Å². The molecule has 1 saturated heterocycles. The number of hydrogen-bond donors (Lipinski definition) is 3. The van der Waals surface area contributed by atoms with Crippen LogP contribution in [0.2, 0.25) is 5.02 Å². The largest absolute Gasteiger partial charge is 0.496 e. The monoisotopic (exact) mass is 432 g/mol. The average Bonchev–Trinajstić information content (AvgIpc) is 2.71. The van der Waals surface area contributed by atoms with E-state index in [1.54, 1.807) is 6.20 Å². The van der Waals surface area contributed by atoms with Gasteiger partial charge < -0.3 is 20.5 Å². The van der Waals surface area contributed by atoms with Gasteiger partial charge in [-0.05, 0) is 24.6 Å². The van der Waals surface area contributed by atoms with Crippen LogP contribution in [0.25, 0.3) is 0 Å². The van der Waals surface area contributed by atoms with Gasteiger partial charge in [-0.3, -0.25) is 19.5 Å².